The van der Waals surface area contributed by atoms with Gasteiger partial charge in [-0.15, -0.1) is 16.4 Å². The fourth-order valence-corrected chi connectivity index (χ4v) is 6.14. The van der Waals surface area contributed by atoms with Crippen molar-refractivity contribution >= 4 is 33.3 Å². The van der Waals surface area contributed by atoms with Gasteiger partial charge in [-0.1, -0.05) is 24.3 Å². The Bertz CT molecular complexity index is 1140. The molecule has 1 fully saturated rings. The molecule has 9 heteroatoms. The topological polar surface area (TPSA) is 66.1 Å². The van der Waals surface area contributed by atoms with E-state index >= 15 is 0 Å². The maximum absolute atomic E-state index is 11.0. The fraction of sp³-hybridized carbons (Fsp3) is 0.364. The summed E-state index contributed by atoms with van der Waals surface area (Å²) in [7, 11) is 1.69. The van der Waals surface area contributed by atoms with Crippen LogP contribution in [0.2, 0.25) is 0 Å². The minimum atomic E-state index is 0.0107. The number of methoxy groups -OCH3 is 1. The van der Waals surface area contributed by atoms with Gasteiger partial charge in [-0.2, -0.15) is 4.52 Å². The highest BCUT2D eigenvalue weighted by Crippen LogP contribution is 2.41. The van der Waals surface area contributed by atoms with E-state index in [-0.39, 0.29) is 11.9 Å². The number of fused-ring (bicyclic) bond motifs is 1. The van der Waals surface area contributed by atoms with Crippen LogP contribution in [0.3, 0.4) is 0 Å². The van der Waals surface area contributed by atoms with Gasteiger partial charge in [-0.25, -0.2) is 4.98 Å². The number of aryl methyl sites for hydroxylation is 1. The van der Waals surface area contributed by atoms with Crippen LogP contribution in [0.25, 0.3) is 4.96 Å². The quantitative estimate of drug-likeness (QED) is 0.473. The molecule has 1 aliphatic rings. The summed E-state index contributed by atoms with van der Waals surface area (Å²) in [5.74, 6) is 1.84. The lowest BCUT2D eigenvalue weighted by atomic mass is 10.1. The summed E-state index contributed by atoms with van der Waals surface area (Å²) in [6.45, 7) is 5.68. The molecule has 1 aliphatic heterocycles. The predicted octanol–water partition coefficient (Wildman–Crippen LogP) is 4.04. The number of thiazole rings is 1. The third-order valence-corrected chi connectivity index (χ3v) is 7.74. The molecule has 0 unspecified atom stereocenters. The lowest BCUT2D eigenvalue weighted by Gasteiger charge is -2.39. The van der Waals surface area contributed by atoms with E-state index in [1.54, 1.807) is 23.0 Å². The second kappa shape index (κ2) is 8.49. The Hall–Kier alpha value is -2.62. The molecule has 7 nitrogen and oxygen atoms in total. The minimum absolute atomic E-state index is 0.0107. The zero-order chi connectivity index (χ0) is 21.4. The highest BCUT2D eigenvalue weighted by atomic mass is 32.1. The molecular formula is C22H25N5O2S2. The SMILES string of the molecule is CCc1nc2sc([C@H](c3cccs3)N3CCN(c4ccc(OC)cc4)CC3)c(O)n2n1. The summed E-state index contributed by atoms with van der Waals surface area (Å²) >= 11 is 3.26. The first-order valence-electron chi connectivity index (χ1n) is 10.4. The molecule has 1 atom stereocenters. The molecular weight excluding hydrogens is 430 g/mol. The van der Waals surface area contributed by atoms with E-state index in [2.05, 4.69) is 49.5 Å². The minimum Gasteiger partial charge on any atom is -0.497 e. The van der Waals surface area contributed by atoms with Crippen molar-refractivity contribution in [1.82, 2.24) is 19.5 Å². The van der Waals surface area contributed by atoms with E-state index in [1.165, 1.54) is 21.9 Å². The summed E-state index contributed by atoms with van der Waals surface area (Å²) in [4.78, 5) is 12.3. The average molecular weight is 456 g/mol. The molecule has 1 aromatic carbocycles. The van der Waals surface area contributed by atoms with Gasteiger partial charge in [-0.05, 0) is 35.7 Å². The Morgan fingerprint density at radius 3 is 2.52 bits per heavy atom. The van der Waals surface area contributed by atoms with Gasteiger partial charge in [0.15, 0.2) is 5.82 Å². The molecule has 1 N–H and O–H groups in total. The highest BCUT2D eigenvalue weighted by Gasteiger charge is 2.32. The second-order valence-corrected chi connectivity index (χ2v) is 9.49. The molecule has 5 rings (SSSR count). The Labute approximate surface area is 189 Å². The lowest BCUT2D eigenvalue weighted by Crippen LogP contribution is -2.47. The van der Waals surface area contributed by atoms with Gasteiger partial charge in [0.25, 0.3) is 0 Å². The van der Waals surface area contributed by atoms with E-state index in [0.717, 1.165) is 54.0 Å². The fourth-order valence-electron chi connectivity index (χ4n) is 4.07. The van der Waals surface area contributed by atoms with Gasteiger partial charge in [0, 0.05) is 43.2 Å². The number of piperazine rings is 1. The number of thiophene rings is 1. The summed E-state index contributed by atoms with van der Waals surface area (Å²) < 4.78 is 6.87. The molecule has 3 aromatic heterocycles. The Morgan fingerprint density at radius 1 is 1.13 bits per heavy atom. The number of hydrogen-bond acceptors (Lipinski definition) is 8. The van der Waals surface area contributed by atoms with Gasteiger partial charge in [0.05, 0.1) is 18.0 Å². The zero-order valence-corrected chi connectivity index (χ0v) is 19.2. The van der Waals surface area contributed by atoms with E-state index in [9.17, 15) is 5.11 Å². The molecule has 4 aromatic rings. The summed E-state index contributed by atoms with van der Waals surface area (Å²) in [6.07, 6.45) is 0.755. The molecule has 0 radical (unpaired) electrons. The third kappa shape index (κ3) is 3.77. The Balaban J connectivity index is 1.40. The maximum atomic E-state index is 11.0. The van der Waals surface area contributed by atoms with Crippen LogP contribution in [-0.2, 0) is 6.42 Å². The van der Waals surface area contributed by atoms with Crippen molar-refractivity contribution in [3.8, 4) is 11.6 Å². The van der Waals surface area contributed by atoms with Crippen molar-refractivity contribution in [3.63, 3.8) is 0 Å². The van der Waals surface area contributed by atoms with Gasteiger partial charge in [0.1, 0.15) is 5.75 Å². The van der Waals surface area contributed by atoms with Gasteiger partial charge in [-0.3, -0.25) is 4.90 Å². The van der Waals surface area contributed by atoms with Gasteiger partial charge >= 0.3 is 0 Å². The van der Waals surface area contributed by atoms with Crippen LogP contribution in [0.1, 0.15) is 28.5 Å². The van der Waals surface area contributed by atoms with Crippen molar-refractivity contribution < 1.29 is 9.84 Å². The normalized spacial score (nSPS) is 16.1. The molecule has 4 heterocycles. The summed E-state index contributed by atoms with van der Waals surface area (Å²) in [6, 6.07) is 12.5. The van der Waals surface area contributed by atoms with E-state index in [4.69, 9.17) is 4.74 Å². The molecule has 0 bridgehead atoms. The van der Waals surface area contributed by atoms with Crippen LogP contribution in [0.15, 0.2) is 41.8 Å². The van der Waals surface area contributed by atoms with Crippen LogP contribution in [0.5, 0.6) is 11.6 Å². The number of aromatic hydroxyl groups is 1. The number of hydrogen-bond donors (Lipinski definition) is 1. The van der Waals surface area contributed by atoms with Gasteiger partial charge < -0.3 is 14.7 Å². The third-order valence-electron chi connectivity index (χ3n) is 5.74. The second-order valence-electron chi connectivity index (χ2n) is 7.50. The van der Waals surface area contributed by atoms with Crippen LogP contribution >= 0.6 is 22.7 Å². The van der Waals surface area contributed by atoms with Crippen LogP contribution in [0.4, 0.5) is 5.69 Å². The number of anilines is 1. The predicted molar refractivity (Wildman–Crippen MR) is 125 cm³/mol. The highest BCUT2D eigenvalue weighted by molar-refractivity contribution is 7.17. The van der Waals surface area contributed by atoms with Crippen LogP contribution in [-0.4, -0.2) is 57.9 Å². The maximum Gasteiger partial charge on any atom is 0.230 e. The van der Waals surface area contributed by atoms with Crippen molar-refractivity contribution in [2.45, 2.75) is 19.4 Å². The van der Waals surface area contributed by atoms with Crippen molar-refractivity contribution in [1.29, 1.82) is 0 Å². The van der Waals surface area contributed by atoms with Crippen LogP contribution in [0, 0.1) is 0 Å². The number of ether oxygens (including phenoxy) is 1. The monoisotopic (exact) mass is 455 g/mol. The van der Waals surface area contributed by atoms with Crippen molar-refractivity contribution in [2.24, 2.45) is 0 Å². The van der Waals surface area contributed by atoms with E-state index in [0.29, 0.717) is 0 Å². The van der Waals surface area contributed by atoms with E-state index in [1.807, 2.05) is 19.1 Å². The number of benzene rings is 1. The average Bonchev–Trinajstić information content (AvgIpc) is 3.54. The molecule has 31 heavy (non-hydrogen) atoms. The van der Waals surface area contributed by atoms with Crippen molar-refractivity contribution in [2.75, 3.05) is 38.2 Å². The van der Waals surface area contributed by atoms with Crippen LogP contribution < -0.4 is 9.64 Å². The van der Waals surface area contributed by atoms with E-state index < -0.39 is 0 Å². The first kappa shape index (κ1) is 20.3. The zero-order valence-electron chi connectivity index (χ0n) is 17.6. The molecule has 0 spiro atoms. The number of aromatic nitrogens is 3. The molecule has 162 valence electrons. The Morgan fingerprint density at radius 2 is 1.90 bits per heavy atom. The molecule has 0 saturated carbocycles. The molecule has 1 saturated heterocycles. The standard InChI is InChI=1S/C22H25N5O2S2/c1-3-18-23-22-27(24-18)21(28)20(31-22)19(17-5-4-14-30-17)26-12-10-25(11-13-26)15-6-8-16(29-2)9-7-15/h4-9,14,19,28H,3,10-13H2,1-2H3/t19-/m0/s1. The summed E-state index contributed by atoms with van der Waals surface area (Å²) in [5, 5.41) is 17.6. The number of nitrogens with zero attached hydrogens (tertiary/aromatic N) is 5. The summed E-state index contributed by atoms with van der Waals surface area (Å²) in [5.41, 5.74) is 1.21. The largest absolute Gasteiger partial charge is 0.497 e. The first-order chi connectivity index (χ1) is 15.2. The van der Waals surface area contributed by atoms with Crippen molar-refractivity contribution in [3.05, 3.63) is 57.4 Å². The molecule has 0 aliphatic carbocycles. The first-order valence-corrected chi connectivity index (χ1v) is 12.1. The molecule has 0 amide bonds. The smallest absolute Gasteiger partial charge is 0.230 e. The lowest BCUT2D eigenvalue weighted by molar-refractivity contribution is 0.213. The van der Waals surface area contributed by atoms with Gasteiger partial charge in [0.2, 0.25) is 10.8 Å². The number of rotatable bonds is 6. The Kier molecular flexibility index (Phi) is 5.56.